The Kier molecular flexibility index (Phi) is 8.18. The van der Waals surface area contributed by atoms with Crippen LogP contribution in [-0.2, 0) is 9.59 Å². The molecule has 1 rings (SSSR count). The number of hydrogen-bond donors (Lipinski definition) is 3. The number of hydrogen-bond acceptors (Lipinski definition) is 5. The van der Waals surface area contributed by atoms with Crippen molar-refractivity contribution >= 4 is 29.3 Å². The summed E-state index contributed by atoms with van der Waals surface area (Å²) in [5.41, 5.74) is -0.0858. The molecule has 8 heteroatoms. The second-order valence-corrected chi connectivity index (χ2v) is 5.07. The number of rotatable bonds is 9. The van der Waals surface area contributed by atoms with Crippen molar-refractivity contribution in [3.8, 4) is 6.07 Å². The molecule has 0 radical (unpaired) electrons. The number of carbonyl (C=O) groups excluding carboxylic acids is 1. The Morgan fingerprint density at radius 2 is 2.17 bits per heavy atom. The molecule has 0 bridgehead atoms. The highest BCUT2D eigenvalue weighted by molar-refractivity contribution is 6.30. The molecule has 23 heavy (non-hydrogen) atoms. The zero-order valence-electron chi connectivity index (χ0n) is 12.4. The summed E-state index contributed by atoms with van der Waals surface area (Å²) in [6.07, 6.45) is 4.80. The minimum absolute atomic E-state index is 0.0858. The lowest BCUT2D eigenvalue weighted by atomic mass is 10.2. The number of nitriles is 1. The SMILES string of the molecule is N#C/C(=C/Nc1cc(Cl)ccn1)C(=O)NCCCCCC(=O)O. The van der Waals surface area contributed by atoms with Crippen LogP contribution in [0.3, 0.4) is 0 Å². The highest BCUT2D eigenvalue weighted by Crippen LogP contribution is 2.12. The molecular formula is C15H17ClN4O3. The van der Waals surface area contributed by atoms with E-state index in [0.717, 1.165) is 0 Å². The molecule has 1 aromatic rings. The maximum absolute atomic E-state index is 11.8. The Labute approximate surface area is 139 Å². The zero-order valence-corrected chi connectivity index (χ0v) is 13.1. The normalized spacial score (nSPS) is 10.7. The van der Waals surface area contributed by atoms with E-state index in [9.17, 15) is 9.59 Å². The number of anilines is 1. The van der Waals surface area contributed by atoms with E-state index in [-0.39, 0.29) is 12.0 Å². The van der Waals surface area contributed by atoms with E-state index in [2.05, 4.69) is 15.6 Å². The van der Waals surface area contributed by atoms with E-state index >= 15 is 0 Å². The molecule has 0 aromatic carbocycles. The largest absolute Gasteiger partial charge is 0.481 e. The van der Waals surface area contributed by atoms with E-state index in [1.807, 2.05) is 0 Å². The molecule has 7 nitrogen and oxygen atoms in total. The van der Waals surface area contributed by atoms with Gasteiger partial charge < -0.3 is 15.7 Å². The number of aromatic nitrogens is 1. The van der Waals surface area contributed by atoms with E-state index in [4.69, 9.17) is 22.0 Å². The van der Waals surface area contributed by atoms with Crippen molar-refractivity contribution in [3.05, 3.63) is 35.1 Å². The van der Waals surface area contributed by atoms with Crippen LogP contribution in [-0.4, -0.2) is 28.5 Å². The maximum atomic E-state index is 11.8. The first-order chi connectivity index (χ1) is 11.0. The second kappa shape index (κ2) is 10.2. The van der Waals surface area contributed by atoms with Crippen molar-refractivity contribution in [1.29, 1.82) is 5.26 Å². The first-order valence-corrected chi connectivity index (χ1v) is 7.39. The van der Waals surface area contributed by atoms with E-state index in [0.29, 0.717) is 36.6 Å². The number of nitrogens with one attached hydrogen (secondary N) is 2. The summed E-state index contributed by atoms with van der Waals surface area (Å²) >= 11 is 5.80. The average Bonchev–Trinajstić information content (AvgIpc) is 2.51. The monoisotopic (exact) mass is 336 g/mol. The first kappa shape index (κ1) is 18.5. The lowest BCUT2D eigenvalue weighted by molar-refractivity contribution is -0.137. The number of pyridine rings is 1. The molecule has 0 aliphatic carbocycles. The fourth-order valence-electron chi connectivity index (χ4n) is 1.65. The van der Waals surface area contributed by atoms with Gasteiger partial charge in [-0.25, -0.2) is 4.98 Å². The number of aliphatic carboxylic acids is 1. The highest BCUT2D eigenvalue weighted by Gasteiger charge is 2.08. The number of unbranched alkanes of at least 4 members (excludes halogenated alkanes) is 2. The third-order valence-electron chi connectivity index (χ3n) is 2.80. The topological polar surface area (TPSA) is 115 Å². The molecule has 0 atom stereocenters. The van der Waals surface area contributed by atoms with Crippen molar-refractivity contribution < 1.29 is 14.7 Å². The molecule has 1 aromatic heterocycles. The molecule has 1 amide bonds. The summed E-state index contributed by atoms with van der Waals surface area (Å²) in [6.45, 7) is 0.382. The summed E-state index contributed by atoms with van der Waals surface area (Å²) in [5, 5.41) is 23.3. The molecule has 3 N–H and O–H groups in total. The summed E-state index contributed by atoms with van der Waals surface area (Å²) < 4.78 is 0. The average molecular weight is 337 g/mol. The molecular weight excluding hydrogens is 320 g/mol. The van der Waals surface area contributed by atoms with Gasteiger partial charge in [0, 0.05) is 30.4 Å². The highest BCUT2D eigenvalue weighted by atomic mass is 35.5. The minimum Gasteiger partial charge on any atom is -0.481 e. The van der Waals surface area contributed by atoms with Crippen molar-refractivity contribution in [1.82, 2.24) is 10.3 Å². The molecule has 0 saturated carbocycles. The van der Waals surface area contributed by atoms with Gasteiger partial charge in [0.1, 0.15) is 17.5 Å². The number of carboxylic acid groups (broad SMARTS) is 1. The van der Waals surface area contributed by atoms with Crippen LogP contribution < -0.4 is 10.6 Å². The summed E-state index contributed by atoms with van der Waals surface area (Å²) in [4.78, 5) is 26.2. The van der Waals surface area contributed by atoms with Crippen LogP contribution in [0.25, 0.3) is 0 Å². The third kappa shape index (κ3) is 7.83. The third-order valence-corrected chi connectivity index (χ3v) is 3.04. The first-order valence-electron chi connectivity index (χ1n) is 7.01. The standard InChI is InChI=1S/C15H17ClN4O3/c16-12-5-7-18-13(8-12)20-10-11(9-17)15(23)19-6-3-1-2-4-14(21)22/h5,7-8,10H,1-4,6H2,(H,18,20)(H,19,23)(H,21,22)/b11-10-. The Hall–Kier alpha value is -2.59. The minimum atomic E-state index is -0.829. The van der Waals surface area contributed by atoms with Crippen LogP contribution >= 0.6 is 11.6 Å². The van der Waals surface area contributed by atoms with Gasteiger partial charge in [0.2, 0.25) is 0 Å². The smallest absolute Gasteiger partial charge is 0.303 e. The number of carbonyl (C=O) groups is 2. The van der Waals surface area contributed by atoms with Crippen LogP contribution in [0.4, 0.5) is 5.82 Å². The molecule has 0 spiro atoms. The second-order valence-electron chi connectivity index (χ2n) is 4.63. The van der Waals surface area contributed by atoms with Gasteiger partial charge in [-0.1, -0.05) is 18.0 Å². The Morgan fingerprint density at radius 1 is 1.39 bits per heavy atom. The van der Waals surface area contributed by atoms with Gasteiger partial charge in [-0.05, 0) is 25.0 Å². The quantitative estimate of drug-likeness (QED) is 0.362. The van der Waals surface area contributed by atoms with Crippen LogP contribution in [0.2, 0.25) is 5.02 Å². The zero-order chi connectivity index (χ0) is 17.1. The fraction of sp³-hybridized carbons (Fsp3) is 0.333. The molecule has 0 aliphatic rings. The van der Waals surface area contributed by atoms with Crippen molar-refractivity contribution in [2.45, 2.75) is 25.7 Å². The number of nitrogens with zero attached hydrogens (tertiary/aromatic N) is 2. The number of amides is 1. The van der Waals surface area contributed by atoms with Gasteiger partial charge in [-0.2, -0.15) is 5.26 Å². The summed E-state index contributed by atoms with van der Waals surface area (Å²) in [5.74, 6) is -0.906. The van der Waals surface area contributed by atoms with Crippen LogP contribution in [0, 0.1) is 11.3 Å². The van der Waals surface area contributed by atoms with Gasteiger partial charge in [0.15, 0.2) is 0 Å². The number of carboxylic acids is 1. The summed E-state index contributed by atoms with van der Waals surface area (Å²) in [7, 11) is 0. The van der Waals surface area contributed by atoms with Crippen LogP contribution in [0.15, 0.2) is 30.1 Å². The molecule has 0 unspecified atom stereocenters. The van der Waals surface area contributed by atoms with E-state index < -0.39 is 11.9 Å². The molecule has 122 valence electrons. The predicted molar refractivity (Wildman–Crippen MR) is 85.7 cm³/mol. The molecule has 0 saturated heterocycles. The van der Waals surface area contributed by atoms with Crippen molar-refractivity contribution in [2.24, 2.45) is 0 Å². The lowest BCUT2D eigenvalue weighted by Gasteiger charge is -2.05. The predicted octanol–water partition coefficient (Wildman–Crippen LogP) is 2.32. The van der Waals surface area contributed by atoms with Gasteiger partial charge in [0.05, 0.1) is 0 Å². The van der Waals surface area contributed by atoms with Gasteiger partial charge in [-0.3, -0.25) is 9.59 Å². The lowest BCUT2D eigenvalue weighted by Crippen LogP contribution is -2.26. The Bertz CT molecular complexity index is 625. The molecule has 1 heterocycles. The van der Waals surface area contributed by atoms with Crippen LogP contribution in [0.5, 0.6) is 0 Å². The Balaban J connectivity index is 2.38. The van der Waals surface area contributed by atoms with Gasteiger partial charge >= 0.3 is 5.97 Å². The van der Waals surface area contributed by atoms with E-state index in [1.54, 1.807) is 18.2 Å². The fourth-order valence-corrected chi connectivity index (χ4v) is 1.81. The maximum Gasteiger partial charge on any atom is 0.303 e. The van der Waals surface area contributed by atoms with Crippen molar-refractivity contribution in [2.75, 3.05) is 11.9 Å². The van der Waals surface area contributed by atoms with Gasteiger partial charge in [0.25, 0.3) is 5.91 Å². The van der Waals surface area contributed by atoms with Crippen molar-refractivity contribution in [3.63, 3.8) is 0 Å². The molecule has 0 fully saturated rings. The summed E-state index contributed by atoms with van der Waals surface area (Å²) in [6, 6.07) is 4.97. The van der Waals surface area contributed by atoms with E-state index in [1.165, 1.54) is 12.4 Å². The molecule has 0 aliphatic heterocycles. The van der Waals surface area contributed by atoms with Crippen LogP contribution in [0.1, 0.15) is 25.7 Å². The van der Waals surface area contributed by atoms with Gasteiger partial charge in [-0.15, -0.1) is 0 Å². The number of halogens is 1. The Morgan fingerprint density at radius 3 is 2.83 bits per heavy atom.